The molecular weight excluding hydrogens is 361 g/mol. The van der Waals surface area contributed by atoms with Crippen LogP contribution in [0, 0.1) is 5.82 Å². The van der Waals surface area contributed by atoms with Crippen molar-refractivity contribution in [2.45, 2.75) is 24.0 Å². The molecule has 1 saturated carbocycles. The van der Waals surface area contributed by atoms with E-state index in [1.165, 1.54) is 6.07 Å². The molecule has 21 heavy (non-hydrogen) atoms. The number of thioether (sulfide) groups is 1. The number of aromatic nitrogens is 3. The van der Waals surface area contributed by atoms with Crippen LogP contribution >= 0.6 is 27.7 Å². The molecule has 2 aromatic rings. The van der Waals surface area contributed by atoms with Gasteiger partial charge in [0, 0.05) is 10.5 Å². The Labute approximate surface area is 132 Å². The van der Waals surface area contributed by atoms with Gasteiger partial charge in [0.1, 0.15) is 5.82 Å². The molecule has 1 aromatic carbocycles. The molecular formula is C13H11BrFN3O2S. The van der Waals surface area contributed by atoms with E-state index in [0.29, 0.717) is 16.5 Å². The van der Waals surface area contributed by atoms with Crippen LogP contribution in [0.3, 0.4) is 0 Å². The number of hydrogen-bond donors (Lipinski definition) is 1. The molecule has 1 aromatic heterocycles. The molecule has 0 aliphatic heterocycles. The summed E-state index contributed by atoms with van der Waals surface area (Å²) in [6.07, 6.45) is 1.95. The molecule has 1 heterocycles. The molecule has 0 spiro atoms. The lowest BCUT2D eigenvalue weighted by Crippen LogP contribution is -2.04. The van der Waals surface area contributed by atoms with Crippen molar-refractivity contribution < 1.29 is 14.3 Å². The largest absolute Gasteiger partial charge is 0.481 e. The molecule has 0 radical (unpaired) electrons. The molecule has 1 N–H and O–H groups in total. The summed E-state index contributed by atoms with van der Waals surface area (Å²) < 4.78 is 16.6. The zero-order chi connectivity index (χ0) is 15.0. The molecule has 0 amide bonds. The first-order valence-electron chi connectivity index (χ1n) is 6.31. The van der Waals surface area contributed by atoms with Crippen molar-refractivity contribution in [3.05, 3.63) is 28.5 Å². The van der Waals surface area contributed by atoms with Gasteiger partial charge in [0.25, 0.3) is 0 Å². The fourth-order valence-electron chi connectivity index (χ4n) is 2.02. The van der Waals surface area contributed by atoms with Gasteiger partial charge in [-0.25, -0.2) is 4.39 Å². The molecule has 1 aliphatic rings. The number of aliphatic carboxylic acids is 1. The van der Waals surface area contributed by atoms with Crippen molar-refractivity contribution in [3.63, 3.8) is 0 Å². The van der Waals surface area contributed by atoms with E-state index in [9.17, 15) is 9.18 Å². The number of rotatable bonds is 5. The number of nitrogens with zero attached hydrogens (tertiary/aromatic N) is 3. The van der Waals surface area contributed by atoms with Crippen molar-refractivity contribution in [2.24, 2.45) is 0 Å². The second-order valence-electron chi connectivity index (χ2n) is 4.71. The van der Waals surface area contributed by atoms with Crippen LogP contribution in [0.4, 0.5) is 4.39 Å². The maximum atomic E-state index is 14.0. The van der Waals surface area contributed by atoms with Gasteiger partial charge in [0.05, 0.1) is 11.3 Å². The minimum Gasteiger partial charge on any atom is -0.481 e. The topological polar surface area (TPSA) is 68.0 Å². The number of carbonyl (C=O) groups is 1. The highest BCUT2D eigenvalue weighted by Gasteiger charge is 2.31. The quantitative estimate of drug-likeness (QED) is 0.816. The lowest BCUT2D eigenvalue weighted by Gasteiger charge is -2.09. The predicted octanol–water partition coefficient (Wildman–Crippen LogP) is 3.36. The second-order valence-corrected chi connectivity index (χ2v) is 6.57. The number of carboxylic acids is 1. The van der Waals surface area contributed by atoms with Crippen LogP contribution < -0.4 is 0 Å². The van der Waals surface area contributed by atoms with Crippen LogP contribution in [-0.4, -0.2) is 31.6 Å². The smallest absolute Gasteiger partial charge is 0.313 e. The van der Waals surface area contributed by atoms with Gasteiger partial charge in [-0.2, -0.15) is 0 Å². The number of carboxylic acid groups (broad SMARTS) is 1. The fourth-order valence-corrected chi connectivity index (χ4v) is 3.10. The molecule has 8 heteroatoms. The predicted molar refractivity (Wildman–Crippen MR) is 79.7 cm³/mol. The van der Waals surface area contributed by atoms with Gasteiger partial charge in [-0.1, -0.05) is 27.7 Å². The summed E-state index contributed by atoms with van der Waals surface area (Å²) in [4.78, 5) is 10.7. The van der Waals surface area contributed by atoms with E-state index < -0.39 is 5.97 Å². The third-order valence-electron chi connectivity index (χ3n) is 3.07. The Kier molecular flexibility index (Phi) is 3.99. The van der Waals surface area contributed by atoms with Crippen molar-refractivity contribution in [1.82, 2.24) is 14.8 Å². The van der Waals surface area contributed by atoms with E-state index in [-0.39, 0.29) is 17.6 Å². The van der Waals surface area contributed by atoms with Gasteiger partial charge in [-0.05, 0) is 31.0 Å². The summed E-state index contributed by atoms with van der Waals surface area (Å²) in [6.45, 7) is 0. The van der Waals surface area contributed by atoms with Crippen LogP contribution in [0.2, 0.25) is 0 Å². The van der Waals surface area contributed by atoms with Crippen molar-refractivity contribution in [1.29, 1.82) is 0 Å². The Balaban J connectivity index is 2.02. The second kappa shape index (κ2) is 5.76. The molecule has 0 unspecified atom stereocenters. The van der Waals surface area contributed by atoms with Gasteiger partial charge in [-0.15, -0.1) is 10.2 Å². The van der Waals surface area contributed by atoms with Gasteiger partial charge < -0.3 is 5.11 Å². The normalized spacial score (nSPS) is 14.4. The zero-order valence-electron chi connectivity index (χ0n) is 10.8. The molecule has 0 atom stereocenters. The van der Waals surface area contributed by atoms with E-state index in [4.69, 9.17) is 5.11 Å². The summed E-state index contributed by atoms with van der Waals surface area (Å²) in [5.41, 5.74) is 0.367. The fraction of sp³-hybridized carbons (Fsp3) is 0.308. The number of hydrogen-bond acceptors (Lipinski definition) is 4. The molecule has 1 aliphatic carbocycles. The first-order valence-corrected chi connectivity index (χ1v) is 8.09. The molecule has 0 saturated heterocycles. The van der Waals surface area contributed by atoms with Gasteiger partial charge in [0.15, 0.2) is 11.0 Å². The van der Waals surface area contributed by atoms with E-state index in [1.807, 2.05) is 4.57 Å². The summed E-state index contributed by atoms with van der Waals surface area (Å²) in [5, 5.41) is 17.4. The van der Waals surface area contributed by atoms with Crippen LogP contribution in [0.1, 0.15) is 18.9 Å². The van der Waals surface area contributed by atoms with Gasteiger partial charge in [-0.3, -0.25) is 9.36 Å². The van der Waals surface area contributed by atoms with Crippen LogP contribution in [0.25, 0.3) is 11.4 Å². The first-order chi connectivity index (χ1) is 10.1. The van der Waals surface area contributed by atoms with Crippen LogP contribution in [0.15, 0.2) is 27.8 Å². The molecule has 3 rings (SSSR count). The zero-order valence-corrected chi connectivity index (χ0v) is 13.2. The monoisotopic (exact) mass is 371 g/mol. The van der Waals surface area contributed by atoms with Crippen LogP contribution in [0.5, 0.6) is 0 Å². The SMILES string of the molecule is O=C(O)CSc1nnc(-c2cc(Br)ccc2F)n1C1CC1. The minimum atomic E-state index is -0.916. The van der Waals surface area contributed by atoms with Crippen molar-refractivity contribution in [3.8, 4) is 11.4 Å². The average molecular weight is 372 g/mol. The average Bonchev–Trinajstić information content (AvgIpc) is 3.19. The lowest BCUT2D eigenvalue weighted by molar-refractivity contribution is -0.133. The maximum Gasteiger partial charge on any atom is 0.313 e. The summed E-state index contributed by atoms with van der Waals surface area (Å²) in [6, 6.07) is 4.88. The lowest BCUT2D eigenvalue weighted by atomic mass is 10.2. The molecule has 1 fully saturated rings. The maximum absolute atomic E-state index is 14.0. The van der Waals surface area contributed by atoms with E-state index >= 15 is 0 Å². The van der Waals surface area contributed by atoms with E-state index in [0.717, 1.165) is 29.1 Å². The summed E-state index contributed by atoms with van der Waals surface area (Å²) in [7, 11) is 0. The highest BCUT2D eigenvalue weighted by atomic mass is 79.9. The third kappa shape index (κ3) is 3.11. The molecule has 0 bridgehead atoms. The first kappa shape index (κ1) is 14.5. The summed E-state index contributed by atoms with van der Waals surface area (Å²) >= 11 is 4.43. The minimum absolute atomic E-state index is 0.0914. The Morgan fingerprint density at radius 1 is 1.48 bits per heavy atom. The Morgan fingerprint density at radius 3 is 2.90 bits per heavy atom. The van der Waals surface area contributed by atoms with E-state index in [2.05, 4.69) is 26.1 Å². The van der Waals surface area contributed by atoms with Gasteiger partial charge >= 0.3 is 5.97 Å². The van der Waals surface area contributed by atoms with Gasteiger partial charge in [0.2, 0.25) is 0 Å². The van der Waals surface area contributed by atoms with Crippen molar-refractivity contribution >= 4 is 33.7 Å². The third-order valence-corrected chi connectivity index (χ3v) is 4.49. The molecule has 110 valence electrons. The molecule has 5 nitrogen and oxygen atoms in total. The van der Waals surface area contributed by atoms with E-state index in [1.54, 1.807) is 12.1 Å². The Morgan fingerprint density at radius 2 is 2.24 bits per heavy atom. The van der Waals surface area contributed by atoms with Crippen molar-refractivity contribution in [2.75, 3.05) is 5.75 Å². The number of benzene rings is 1. The Hall–Kier alpha value is -1.41. The Bertz CT molecular complexity index is 703. The highest BCUT2D eigenvalue weighted by Crippen LogP contribution is 2.41. The number of halogens is 2. The summed E-state index contributed by atoms with van der Waals surface area (Å²) in [5.74, 6) is -0.932. The van der Waals surface area contributed by atoms with Crippen LogP contribution in [-0.2, 0) is 4.79 Å². The highest BCUT2D eigenvalue weighted by molar-refractivity contribution is 9.10. The standard InChI is InChI=1S/C13H11BrFN3O2S/c14-7-1-4-10(15)9(5-7)12-16-17-13(21-6-11(19)20)18(12)8-2-3-8/h1,4-5,8H,2-3,6H2,(H,19,20).